The van der Waals surface area contributed by atoms with Crippen molar-refractivity contribution in [3.05, 3.63) is 30.5 Å². The molecule has 0 unspecified atom stereocenters. The molecular formula is C12H13NO2S. The SMILES string of the molecule is CCOc1cnc(-c2ccc(OC)cc2)s1. The van der Waals surface area contributed by atoms with Gasteiger partial charge in [-0.15, -0.1) is 0 Å². The van der Waals surface area contributed by atoms with E-state index >= 15 is 0 Å². The minimum atomic E-state index is 0.671. The van der Waals surface area contributed by atoms with E-state index in [-0.39, 0.29) is 0 Å². The van der Waals surface area contributed by atoms with E-state index in [2.05, 4.69) is 4.98 Å². The molecule has 0 aliphatic heterocycles. The van der Waals surface area contributed by atoms with Crippen molar-refractivity contribution in [2.75, 3.05) is 13.7 Å². The second-order valence-corrected chi connectivity index (χ2v) is 4.14. The van der Waals surface area contributed by atoms with E-state index in [4.69, 9.17) is 9.47 Å². The minimum absolute atomic E-state index is 0.671. The van der Waals surface area contributed by atoms with Crippen LogP contribution in [0.2, 0.25) is 0 Å². The van der Waals surface area contributed by atoms with E-state index < -0.39 is 0 Å². The maximum atomic E-state index is 5.38. The summed E-state index contributed by atoms with van der Waals surface area (Å²) in [4.78, 5) is 4.31. The molecule has 0 saturated heterocycles. The normalized spacial score (nSPS) is 10.1. The van der Waals surface area contributed by atoms with Crippen LogP contribution in [0.5, 0.6) is 10.8 Å². The molecule has 0 aliphatic carbocycles. The van der Waals surface area contributed by atoms with Crippen LogP contribution in [-0.2, 0) is 0 Å². The number of hydrogen-bond donors (Lipinski definition) is 0. The quantitative estimate of drug-likeness (QED) is 0.815. The molecule has 1 heterocycles. The van der Waals surface area contributed by atoms with Crippen molar-refractivity contribution >= 4 is 11.3 Å². The third-order valence-corrected chi connectivity index (χ3v) is 3.07. The first-order chi connectivity index (χ1) is 7.83. The molecule has 0 amide bonds. The lowest BCUT2D eigenvalue weighted by atomic mass is 10.2. The maximum Gasteiger partial charge on any atom is 0.194 e. The Morgan fingerprint density at radius 2 is 2.00 bits per heavy atom. The van der Waals surface area contributed by atoms with Gasteiger partial charge in [-0.2, -0.15) is 0 Å². The lowest BCUT2D eigenvalue weighted by molar-refractivity contribution is 0.349. The number of thiazole rings is 1. The summed E-state index contributed by atoms with van der Waals surface area (Å²) in [6, 6.07) is 7.84. The second-order valence-electron chi connectivity index (χ2n) is 3.15. The lowest BCUT2D eigenvalue weighted by Gasteiger charge is -2.00. The Morgan fingerprint density at radius 1 is 1.25 bits per heavy atom. The monoisotopic (exact) mass is 235 g/mol. The summed E-state index contributed by atoms with van der Waals surface area (Å²) < 4.78 is 10.5. The van der Waals surface area contributed by atoms with Crippen molar-refractivity contribution in [2.45, 2.75) is 6.92 Å². The second kappa shape index (κ2) is 4.99. The molecule has 3 nitrogen and oxygen atoms in total. The van der Waals surface area contributed by atoms with Gasteiger partial charge in [-0.25, -0.2) is 4.98 Å². The Bertz CT molecular complexity index is 450. The molecule has 84 valence electrons. The highest BCUT2D eigenvalue weighted by molar-refractivity contribution is 7.16. The molecule has 2 aromatic rings. The molecule has 4 heteroatoms. The smallest absolute Gasteiger partial charge is 0.194 e. The van der Waals surface area contributed by atoms with Crippen LogP contribution < -0.4 is 9.47 Å². The zero-order valence-corrected chi connectivity index (χ0v) is 10.1. The Labute approximate surface area is 98.7 Å². The van der Waals surface area contributed by atoms with E-state index in [0.717, 1.165) is 21.4 Å². The van der Waals surface area contributed by atoms with Crippen LogP contribution in [0.15, 0.2) is 30.5 Å². The van der Waals surface area contributed by atoms with Crippen molar-refractivity contribution in [1.29, 1.82) is 0 Å². The molecule has 2 rings (SSSR count). The van der Waals surface area contributed by atoms with Crippen molar-refractivity contribution < 1.29 is 9.47 Å². The van der Waals surface area contributed by atoms with Crippen molar-refractivity contribution in [3.8, 4) is 21.4 Å². The average molecular weight is 235 g/mol. The van der Waals surface area contributed by atoms with E-state index in [9.17, 15) is 0 Å². The van der Waals surface area contributed by atoms with Gasteiger partial charge < -0.3 is 9.47 Å². The van der Waals surface area contributed by atoms with Gasteiger partial charge in [0, 0.05) is 5.56 Å². The topological polar surface area (TPSA) is 31.4 Å². The fourth-order valence-electron chi connectivity index (χ4n) is 1.34. The Morgan fingerprint density at radius 3 is 2.62 bits per heavy atom. The molecule has 1 aromatic heterocycles. The summed E-state index contributed by atoms with van der Waals surface area (Å²) in [6.07, 6.45) is 1.76. The number of nitrogens with zero attached hydrogens (tertiary/aromatic N) is 1. The number of benzene rings is 1. The molecular weight excluding hydrogens is 222 g/mol. The molecule has 0 aliphatic rings. The van der Waals surface area contributed by atoms with Gasteiger partial charge in [-0.1, -0.05) is 11.3 Å². The van der Waals surface area contributed by atoms with Crippen LogP contribution >= 0.6 is 11.3 Å². The first-order valence-electron chi connectivity index (χ1n) is 5.06. The average Bonchev–Trinajstić information content (AvgIpc) is 2.78. The predicted molar refractivity (Wildman–Crippen MR) is 65.3 cm³/mol. The molecule has 0 radical (unpaired) electrons. The lowest BCUT2D eigenvalue weighted by Crippen LogP contribution is -1.86. The van der Waals surface area contributed by atoms with Crippen LogP contribution in [0.1, 0.15) is 6.92 Å². The van der Waals surface area contributed by atoms with Crippen molar-refractivity contribution in [1.82, 2.24) is 4.98 Å². The van der Waals surface area contributed by atoms with Crippen LogP contribution in [0.3, 0.4) is 0 Å². The first-order valence-corrected chi connectivity index (χ1v) is 5.88. The summed E-state index contributed by atoms with van der Waals surface area (Å²) in [7, 11) is 1.66. The largest absolute Gasteiger partial charge is 0.497 e. The number of ether oxygens (including phenoxy) is 2. The predicted octanol–water partition coefficient (Wildman–Crippen LogP) is 3.22. The summed E-state index contributed by atoms with van der Waals surface area (Å²) in [5.41, 5.74) is 1.08. The molecule has 0 spiro atoms. The van der Waals surface area contributed by atoms with Crippen molar-refractivity contribution in [2.24, 2.45) is 0 Å². The fourth-order valence-corrected chi connectivity index (χ4v) is 2.17. The van der Waals surface area contributed by atoms with E-state index in [0.29, 0.717) is 6.61 Å². The van der Waals surface area contributed by atoms with E-state index in [1.54, 1.807) is 24.6 Å². The van der Waals surface area contributed by atoms with Gasteiger partial charge in [-0.05, 0) is 31.2 Å². The van der Waals surface area contributed by atoms with Gasteiger partial charge in [0.05, 0.1) is 19.9 Å². The van der Waals surface area contributed by atoms with Gasteiger partial charge in [0.15, 0.2) is 5.06 Å². The summed E-state index contributed by atoms with van der Waals surface area (Å²) >= 11 is 1.55. The van der Waals surface area contributed by atoms with Crippen molar-refractivity contribution in [3.63, 3.8) is 0 Å². The summed E-state index contributed by atoms with van der Waals surface area (Å²) in [6.45, 7) is 2.64. The van der Waals surface area contributed by atoms with E-state index in [1.807, 2.05) is 31.2 Å². The summed E-state index contributed by atoms with van der Waals surface area (Å²) in [5, 5.41) is 1.82. The molecule has 0 atom stereocenters. The molecule has 1 aromatic carbocycles. The third-order valence-electron chi connectivity index (χ3n) is 2.11. The van der Waals surface area contributed by atoms with Gasteiger partial charge >= 0.3 is 0 Å². The maximum absolute atomic E-state index is 5.38. The van der Waals surface area contributed by atoms with Gasteiger partial charge in [0.25, 0.3) is 0 Å². The molecule has 0 N–H and O–H groups in total. The van der Waals surface area contributed by atoms with Crippen LogP contribution in [0, 0.1) is 0 Å². The number of hydrogen-bond acceptors (Lipinski definition) is 4. The number of methoxy groups -OCH3 is 1. The van der Waals surface area contributed by atoms with Crippen LogP contribution in [0.4, 0.5) is 0 Å². The fraction of sp³-hybridized carbons (Fsp3) is 0.250. The highest BCUT2D eigenvalue weighted by Crippen LogP contribution is 2.30. The first kappa shape index (κ1) is 11.0. The highest BCUT2D eigenvalue weighted by Gasteiger charge is 2.05. The van der Waals surface area contributed by atoms with Crippen LogP contribution in [-0.4, -0.2) is 18.7 Å². The van der Waals surface area contributed by atoms with Gasteiger partial charge in [0.1, 0.15) is 10.8 Å². The van der Waals surface area contributed by atoms with Gasteiger partial charge in [-0.3, -0.25) is 0 Å². The number of rotatable bonds is 4. The number of aromatic nitrogens is 1. The standard InChI is InChI=1S/C12H13NO2S/c1-3-15-11-8-13-12(16-11)9-4-6-10(14-2)7-5-9/h4-8H,3H2,1-2H3. The molecule has 0 fully saturated rings. The van der Waals surface area contributed by atoms with Crippen LogP contribution in [0.25, 0.3) is 10.6 Å². The highest BCUT2D eigenvalue weighted by atomic mass is 32.1. The zero-order valence-electron chi connectivity index (χ0n) is 9.27. The summed E-state index contributed by atoms with van der Waals surface area (Å²) in [5.74, 6) is 0.852. The molecule has 0 bridgehead atoms. The minimum Gasteiger partial charge on any atom is -0.497 e. The zero-order chi connectivity index (χ0) is 11.4. The third kappa shape index (κ3) is 2.33. The Balaban J connectivity index is 2.21. The van der Waals surface area contributed by atoms with E-state index in [1.165, 1.54) is 0 Å². The molecule has 16 heavy (non-hydrogen) atoms. The van der Waals surface area contributed by atoms with Gasteiger partial charge in [0.2, 0.25) is 0 Å². The Hall–Kier alpha value is -1.55. The Kier molecular flexibility index (Phi) is 3.41. The molecule has 0 saturated carbocycles.